The van der Waals surface area contributed by atoms with Gasteiger partial charge < -0.3 is 21.5 Å². The van der Waals surface area contributed by atoms with Crippen molar-refractivity contribution in [3.05, 3.63) is 0 Å². The average molecular weight is 280 g/mol. The summed E-state index contributed by atoms with van der Waals surface area (Å²) in [6, 6.07) is -0.748. The van der Waals surface area contributed by atoms with E-state index in [9.17, 15) is 14.7 Å². The number of aliphatic hydroxyl groups excluding tert-OH is 1. The number of hydrogen-bond acceptors (Lipinski definition) is 4. The van der Waals surface area contributed by atoms with Gasteiger partial charge in [0.05, 0.1) is 0 Å². The molecule has 6 nitrogen and oxygen atoms in total. The minimum atomic E-state index is -1.26. The van der Waals surface area contributed by atoms with Crippen molar-refractivity contribution in [1.82, 2.24) is 10.6 Å². The maximum Gasteiger partial charge on any atom is 0.250 e. The molecule has 1 rings (SSSR count). The van der Waals surface area contributed by atoms with Gasteiger partial charge in [-0.25, -0.2) is 0 Å². The van der Waals surface area contributed by atoms with Crippen molar-refractivity contribution >= 4 is 24.2 Å². The summed E-state index contributed by atoms with van der Waals surface area (Å²) >= 11 is 0. The van der Waals surface area contributed by atoms with Crippen LogP contribution in [0.5, 0.6) is 0 Å². The Labute approximate surface area is 113 Å². The molecular weight excluding hydrogens is 258 g/mol. The molecule has 7 heteroatoms. The lowest BCUT2D eigenvalue weighted by Gasteiger charge is -2.21. The molecule has 3 atom stereocenters. The third kappa shape index (κ3) is 4.80. The lowest BCUT2D eigenvalue weighted by atomic mass is 9.95. The second-order valence-corrected chi connectivity index (χ2v) is 4.78. The maximum atomic E-state index is 11.5. The van der Waals surface area contributed by atoms with Gasteiger partial charge >= 0.3 is 0 Å². The molecule has 1 heterocycles. The molecule has 106 valence electrons. The fraction of sp³-hybridized carbons (Fsp3) is 0.818. The van der Waals surface area contributed by atoms with Crippen LogP contribution in [0.3, 0.4) is 0 Å². The number of aliphatic hydroxyl groups is 1. The van der Waals surface area contributed by atoms with Crippen molar-refractivity contribution in [2.75, 3.05) is 6.54 Å². The van der Waals surface area contributed by atoms with Crippen LogP contribution in [0.1, 0.15) is 26.7 Å². The maximum absolute atomic E-state index is 11.5. The molecular formula is C11H22ClN3O3. The van der Waals surface area contributed by atoms with Crippen molar-refractivity contribution in [2.45, 2.75) is 44.9 Å². The van der Waals surface area contributed by atoms with Gasteiger partial charge in [0.1, 0.15) is 6.10 Å². The first-order valence-corrected chi connectivity index (χ1v) is 5.93. The quantitative estimate of drug-likeness (QED) is 0.526. The zero-order valence-corrected chi connectivity index (χ0v) is 11.5. The van der Waals surface area contributed by atoms with Crippen LogP contribution in [-0.4, -0.2) is 41.7 Å². The van der Waals surface area contributed by atoms with Crippen LogP contribution in [-0.2, 0) is 9.59 Å². The molecule has 1 unspecified atom stereocenters. The summed E-state index contributed by atoms with van der Waals surface area (Å²) in [5, 5.41) is 15.0. The van der Waals surface area contributed by atoms with Crippen molar-refractivity contribution in [3.63, 3.8) is 0 Å². The van der Waals surface area contributed by atoms with Crippen molar-refractivity contribution in [3.8, 4) is 0 Å². The molecule has 18 heavy (non-hydrogen) atoms. The largest absolute Gasteiger partial charge is 0.382 e. The van der Waals surface area contributed by atoms with Crippen LogP contribution < -0.4 is 16.4 Å². The Bertz CT molecular complexity index is 299. The summed E-state index contributed by atoms with van der Waals surface area (Å²) in [7, 11) is 0. The second kappa shape index (κ2) is 7.56. The van der Waals surface area contributed by atoms with Gasteiger partial charge in [-0.05, 0) is 26.7 Å². The second-order valence-electron chi connectivity index (χ2n) is 4.78. The van der Waals surface area contributed by atoms with Gasteiger partial charge in [-0.1, -0.05) is 0 Å². The Hall–Kier alpha value is -0.850. The molecule has 0 spiro atoms. The monoisotopic (exact) mass is 279 g/mol. The van der Waals surface area contributed by atoms with Crippen LogP contribution in [0.15, 0.2) is 0 Å². The summed E-state index contributed by atoms with van der Waals surface area (Å²) in [5.74, 6) is -0.714. The van der Waals surface area contributed by atoms with Gasteiger partial charge in [0.15, 0.2) is 0 Å². The highest BCUT2D eigenvalue weighted by Crippen LogP contribution is 2.16. The van der Waals surface area contributed by atoms with Crippen LogP contribution in [0.25, 0.3) is 0 Å². The number of carbonyl (C=O) groups excluding carboxylic acids is 2. The van der Waals surface area contributed by atoms with E-state index in [0.717, 1.165) is 0 Å². The van der Waals surface area contributed by atoms with E-state index in [1.165, 1.54) is 0 Å². The SMILES string of the molecule is CC(C)NC(=O)C(O)[C@@H](N)C[C@@H]1CCNC1=O.Cl. The van der Waals surface area contributed by atoms with Gasteiger partial charge in [0.2, 0.25) is 5.91 Å². The number of halogens is 1. The molecule has 0 bridgehead atoms. The third-order valence-corrected chi connectivity index (χ3v) is 2.82. The lowest BCUT2D eigenvalue weighted by molar-refractivity contribution is -0.132. The zero-order valence-electron chi connectivity index (χ0n) is 10.7. The van der Waals surface area contributed by atoms with Crippen LogP contribution in [0.2, 0.25) is 0 Å². The fourth-order valence-electron chi connectivity index (χ4n) is 1.89. The summed E-state index contributed by atoms with van der Waals surface area (Å²) in [6.45, 7) is 4.26. The van der Waals surface area contributed by atoms with Crippen LogP contribution >= 0.6 is 12.4 Å². The van der Waals surface area contributed by atoms with E-state index in [1.54, 1.807) is 13.8 Å². The molecule has 0 aliphatic carbocycles. The van der Waals surface area contributed by atoms with E-state index in [1.807, 2.05) is 0 Å². The Balaban J connectivity index is 0.00000289. The molecule has 1 saturated heterocycles. The number of nitrogens with one attached hydrogen (secondary N) is 2. The van der Waals surface area contributed by atoms with E-state index in [0.29, 0.717) is 19.4 Å². The predicted octanol–water partition coefficient (Wildman–Crippen LogP) is -0.853. The summed E-state index contributed by atoms with van der Waals surface area (Å²) in [6.07, 6.45) is -0.213. The van der Waals surface area contributed by atoms with E-state index >= 15 is 0 Å². The smallest absolute Gasteiger partial charge is 0.250 e. The van der Waals surface area contributed by atoms with Crippen molar-refractivity contribution in [1.29, 1.82) is 0 Å². The first-order valence-electron chi connectivity index (χ1n) is 5.93. The molecule has 1 fully saturated rings. The molecule has 0 aromatic carbocycles. The molecule has 0 aromatic heterocycles. The Morgan fingerprint density at radius 3 is 2.67 bits per heavy atom. The number of carbonyl (C=O) groups is 2. The number of rotatable bonds is 5. The summed E-state index contributed by atoms with van der Waals surface area (Å²) < 4.78 is 0. The van der Waals surface area contributed by atoms with Crippen molar-refractivity contribution in [2.24, 2.45) is 11.7 Å². The third-order valence-electron chi connectivity index (χ3n) is 2.82. The molecule has 0 saturated carbocycles. The Kier molecular flexibility index (Phi) is 7.20. The normalized spacial score (nSPS) is 22.1. The van der Waals surface area contributed by atoms with Gasteiger partial charge in [0, 0.05) is 24.5 Å². The summed E-state index contributed by atoms with van der Waals surface area (Å²) in [5.41, 5.74) is 5.75. The average Bonchev–Trinajstić information content (AvgIpc) is 2.62. The van der Waals surface area contributed by atoms with E-state index in [2.05, 4.69) is 10.6 Å². The van der Waals surface area contributed by atoms with Crippen LogP contribution in [0, 0.1) is 5.92 Å². The number of amides is 2. The highest BCUT2D eigenvalue weighted by Gasteiger charge is 2.31. The van der Waals surface area contributed by atoms with Crippen molar-refractivity contribution < 1.29 is 14.7 Å². The van der Waals surface area contributed by atoms with Gasteiger partial charge in [-0.3, -0.25) is 9.59 Å². The first-order chi connectivity index (χ1) is 7.91. The first kappa shape index (κ1) is 17.2. The lowest BCUT2D eigenvalue weighted by Crippen LogP contribution is -2.49. The fourth-order valence-corrected chi connectivity index (χ4v) is 1.89. The van der Waals surface area contributed by atoms with E-state index in [4.69, 9.17) is 5.73 Å². The number of hydrogen-bond donors (Lipinski definition) is 4. The van der Waals surface area contributed by atoms with Gasteiger partial charge in [-0.2, -0.15) is 0 Å². The van der Waals surface area contributed by atoms with Gasteiger partial charge in [-0.15, -0.1) is 12.4 Å². The van der Waals surface area contributed by atoms with E-state index in [-0.39, 0.29) is 30.3 Å². The molecule has 1 aliphatic heterocycles. The zero-order chi connectivity index (χ0) is 13.0. The molecule has 0 radical (unpaired) electrons. The molecule has 1 aliphatic rings. The van der Waals surface area contributed by atoms with Crippen LogP contribution in [0.4, 0.5) is 0 Å². The minimum absolute atomic E-state index is 0. The molecule has 0 aromatic rings. The minimum Gasteiger partial charge on any atom is -0.382 e. The topological polar surface area (TPSA) is 104 Å². The predicted molar refractivity (Wildman–Crippen MR) is 70.2 cm³/mol. The van der Waals surface area contributed by atoms with E-state index < -0.39 is 18.1 Å². The van der Waals surface area contributed by atoms with Gasteiger partial charge in [0.25, 0.3) is 5.91 Å². The molecule has 2 amide bonds. The number of nitrogens with two attached hydrogens (primary N) is 1. The summed E-state index contributed by atoms with van der Waals surface area (Å²) in [4.78, 5) is 22.8. The highest BCUT2D eigenvalue weighted by atomic mass is 35.5. The molecule has 5 N–H and O–H groups in total. The highest BCUT2D eigenvalue weighted by molar-refractivity contribution is 5.85. The Morgan fingerprint density at radius 1 is 1.61 bits per heavy atom. The standard InChI is InChI=1S/C11H21N3O3.ClH/c1-6(2)14-11(17)9(15)8(12)5-7-3-4-13-10(7)16;/h6-9,15H,3-5,12H2,1-2H3,(H,13,16)(H,14,17);1H/t7-,8-,9?;/m0./s1. The Morgan fingerprint density at radius 2 is 2.22 bits per heavy atom.